The van der Waals surface area contributed by atoms with Crippen LogP contribution in [-0.4, -0.2) is 24.5 Å². The van der Waals surface area contributed by atoms with Gasteiger partial charge in [0.25, 0.3) is 5.91 Å². The van der Waals surface area contributed by atoms with Gasteiger partial charge in [-0.2, -0.15) is 0 Å². The number of aromatic nitrogens is 1. The van der Waals surface area contributed by atoms with Crippen LogP contribution < -0.4 is 9.80 Å². The van der Waals surface area contributed by atoms with Gasteiger partial charge in [0, 0.05) is 25.8 Å². The van der Waals surface area contributed by atoms with Crippen LogP contribution in [0.15, 0.2) is 72.9 Å². The van der Waals surface area contributed by atoms with Crippen LogP contribution in [0.2, 0.25) is 0 Å². The Balaban J connectivity index is 1.50. The summed E-state index contributed by atoms with van der Waals surface area (Å²) in [6.07, 6.45) is 3.79. The molecule has 0 aliphatic carbocycles. The predicted molar refractivity (Wildman–Crippen MR) is 109 cm³/mol. The fourth-order valence-corrected chi connectivity index (χ4v) is 3.57. The highest BCUT2D eigenvalue weighted by molar-refractivity contribution is 6.05. The van der Waals surface area contributed by atoms with Crippen molar-refractivity contribution in [3.05, 3.63) is 89.7 Å². The van der Waals surface area contributed by atoms with E-state index in [1.165, 1.54) is 11.1 Å². The second kappa shape index (κ2) is 7.62. The number of para-hydroxylation sites is 1. The van der Waals surface area contributed by atoms with E-state index in [1.807, 2.05) is 60.5 Å². The van der Waals surface area contributed by atoms with E-state index in [-0.39, 0.29) is 5.91 Å². The minimum absolute atomic E-state index is 0.0283. The Morgan fingerprint density at radius 1 is 1.04 bits per heavy atom. The maximum absolute atomic E-state index is 13.0. The van der Waals surface area contributed by atoms with Gasteiger partial charge in [-0.1, -0.05) is 48.5 Å². The van der Waals surface area contributed by atoms with Crippen molar-refractivity contribution in [3.63, 3.8) is 0 Å². The molecule has 2 heterocycles. The van der Waals surface area contributed by atoms with E-state index >= 15 is 0 Å². The summed E-state index contributed by atoms with van der Waals surface area (Å²) in [4.78, 5) is 21.4. The lowest BCUT2D eigenvalue weighted by Gasteiger charge is -2.29. The van der Waals surface area contributed by atoms with Crippen LogP contribution in [-0.2, 0) is 13.0 Å². The Bertz CT molecular complexity index is 922. The first kappa shape index (κ1) is 17.3. The number of carbonyl (C=O) groups is 1. The summed E-state index contributed by atoms with van der Waals surface area (Å²) >= 11 is 0. The lowest BCUT2D eigenvalue weighted by atomic mass is 10.0. The number of benzene rings is 2. The quantitative estimate of drug-likeness (QED) is 0.698. The van der Waals surface area contributed by atoms with Gasteiger partial charge >= 0.3 is 0 Å². The molecule has 0 N–H and O–H groups in total. The molecule has 4 heteroatoms. The predicted octanol–water partition coefficient (Wildman–Crippen LogP) is 4.31. The summed E-state index contributed by atoms with van der Waals surface area (Å²) in [5.41, 5.74) is 4.97. The average Bonchev–Trinajstić information content (AvgIpc) is 2.73. The van der Waals surface area contributed by atoms with Crippen molar-refractivity contribution >= 4 is 17.3 Å². The number of hydrogen-bond acceptors (Lipinski definition) is 3. The Labute approximate surface area is 160 Å². The Kier molecular flexibility index (Phi) is 4.88. The van der Waals surface area contributed by atoms with Crippen molar-refractivity contribution in [1.82, 2.24) is 4.98 Å². The Hall–Kier alpha value is -3.14. The van der Waals surface area contributed by atoms with Crippen molar-refractivity contribution < 1.29 is 4.79 Å². The van der Waals surface area contributed by atoms with Crippen LogP contribution in [0.5, 0.6) is 0 Å². The highest BCUT2D eigenvalue weighted by Crippen LogP contribution is 2.28. The Morgan fingerprint density at radius 3 is 2.59 bits per heavy atom. The number of carbonyl (C=O) groups excluding carboxylic acids is 1. The first-order chi connectivity index (χ1) is 13.2. The highest BCUT2D eigenvalue weighted by Gasteiger charge is 2.24. The monoisotopic (exact) mass is 357 g/mol. The van der Waals surface area contributed by atoms with Gasteiger partial charge in [-0.05, 0) is 42.2 Å². The summed E-state index contributed by atoms with van der Waals surface area (Å²) in [7, 11) is 2.03. The van der Waals surface area contributed by atoms with Crippen LogP contribution in [0.1, 0.15) is 28.0 Å². The third kappa shape index (κ3) is 3.70. The summed E-state index contributed by atoms with van der Waals surface area (Å²) < 4.78 is 0. The molecule has 1 amide bonds. The fraction of sp³-hybridized carbons (Fsp3) is 0.217. The lowest BCUT2D eigenvalue weighted by molar-refractivity contribution is 0.0980. The van der Waals surface area contributed by atoms with Crippen molar-refractivity contribution in [3.8, 4) is 0 Å². The van der Waals surface area contributed by atoms with Gasteiger partial charge in [0.15, 0.2) is 0 Å². The minimum Gasteiger partial charge on any atom is -0.369 e. The Morgan fingerprint density at radius 2 is 1.81 bits per heavy atom. The standard InChI is InChI=1S/C23H23N3O/c1-25(17-18-8-3-2-4-9-18)20-13-14-21(24-16-20)23(27)26-15-7-11-19-10-5-6-12-22(19)26/h2-6,8-10,12-14,16H,7,11,15,17H2,1H3. The van der Waals surface area contributed by atoms with Crippen LogP contribution >= 0.6 is 0 Å². The number of pyridine rings is 1. The number of nitrogens with zero attached hydrogens (tertiary/aromatic N) is 3. The zero-order valence-corrected chi connectivity index (χ0v) is 15.5. The van der Waals surface area contributed by atoms with Gasteiger partial charge in [0.1, 0.15) is 5.69 Å². The van der Waals surface area contributed by atoms with Gasteiger partial charge in [-0.3, -0.25) is 4.79 Å². The first-order valence-electron chi connectivity index (χ1n) is 9.33. The van der Waals surface area contributed by atoms with Gasteiger partial charge in [-0.25, -0.2) is 4.98 Å². The third-order valence-corrected chi connectivity index (χ3v) is 5.03. The summed E-state index contributed by atoms with van der Waals surface area (Å²) in [6.45, 7) is 1.54. The molecule has 27 heavy (non-hydrogen) atoms. The number of amides is 1. The second-order valence-corrected chi connectivity index (χ2v) is 6.93. The van der Waals surface area contributed by atoms with E-state index in [0.717, 1.165) is 37.3 Å². The molecule has 0 fully saturated rings. The first-order valence-corrected chi connectivity index (χ1v) is 9.33. The fourth-order valence-electron chi connectivity index (χ4n) is 3.57. The zero-order chi connectivity index (χ0) is 18.6. The highest BCUT2D eigenvalue weighted by atomic mass is 16.2. The molecular weight excluding hydrogens is 334 g/mol. The third-order valence-electron chi connectivity index (χ3n) is 5.03. The molecule has 0 bridgehead atoms. The molecule has 0 saturated heterocycles. The number of hydrogen-bond donors (Lipinski definition) is 0. The molecule has 1 aliphatic heterocycles. The maximum atomic E-state index is 13.0. The molecule has 0 saturated carbocycles. The molecule has 4 nitrogen and oxygen atoms in total. The molecule has 0 spiro atoms. The van der Waals surface area contributed by atoms with E-state index in [2.05, 4.69) is 28.1 Å². The van der Waals surface area contributed by atoms with Crippen molar-refractivity contribution in [1.29, 1.82) is 0 Å². The average molecular weight is 357 g/mol. The van der Waals surface area contributed by atoms with Gasteiger partial charge in [0.2, 0.25) is 0 Å². The molecule has 2 aromatic carbocycles. The minimum atomic E-state index is -0.0283. The van der Waals surface area contributed by atoms with Gasteiger partial charge in [-0.15, -0.1) is 0 Å². The van der Waals surface area contributed by atoms with Crippen LogP contribution in [0, 0.1) is 0 Å². The lowest BCUT2D eigenvalue weighted by Crippen LogP contribution is -2.36. The smallest absolute Gasteiger partial charge is 0.276 e. The van der Waals surface area contributed by atoms with Crippen molar-refractivity contribution in [2.24, 2.45) is 0 Å². The van der Waals surface area contributed by atoms with E-state index in [4.69, 9.17) is 0 Å². The molecule has 4 rings (SSSR count). The largest absolute Gasteiger partial charge is 0.369 e. The van der Waals surface area contributed by atoms with Crippen molar-refractivity contribution in [2.75, 3.05) is 23.4 Å². The van der Waals surface area contributed by atoms with E-state index in [9.17, 15) is 4.79 Å². The van der Waals surface area contributed by atoms with E-state index < -0.39 is 0 Å². The van der Waals surface area contributed by atoms with E-state index in [1.54, 1.807) is 6.20 Å². The normalized spacial score (nSPS) is 13.1. The molecule has 1 aliphatic rings. The summed E-state index contributed by atoms with van der Waals surface area (Å²) in [5, 5.41) is 0. The summed E-state index contributed by atoms with van der Waals surface area (Å²) in [5.74, 6) is -0.0283. The zero-order valence-electron chi connectivity index (χ0n) is 15.5. The van der Waals surface area contributed by atoms with Crippen LogP contribution in [0.3, 0.4) is 0 Å². The molecule has 3 aromatic rings. The molecule has 0 radical (unpaired) electrons. The maximum Gasteiger partial charge on any atom is 0.276 e. The second-order valence-electron chi connectivity index (χ2n) is 6.93. The number of rotatable bonds is 4. The molecule has 0 unspecified atom stereocenters. The number of aryl methyl sites for hydroxylation is 1. The molecule has 0 atom stereocenters. The molecule has 1 aromatic heterocycles. The topological polar surface area (TPSA) is 36.4 Å². The molecular formula is C23H23N3O. The van der Waals surface area contributed by atoms with Crippen molar-refractivity contribution in [2.45, 2.75) is 19.4 Å². The van der Waals surface area contributed by atoms with Gasteiger partial charge < -0.3 is 9.80 Å². The summed E-state index contributed by atoms with van der Waals surface area (Å²) in [6, 6.07) is 22.3. The van der Waals surface area contributed by atoms with E-state index in [0.29, 0.717) is 5.69 Å². The van der Waals surface area contributed by atoms with Crippen LogP contribution in [0.25, 0.3) is 0 Å². The SMILES string of the molecule is CN(Cc1ccccc1)c1ccc(C(=O)N2CCCc3ccccc32)nc1. The van der Waals surface area contributed by atoms with Crippen LogP contribution in [0.4, 0.5) is 11.4 Å². The van der Waals surface area contributed by atoms with Gasteiger partial charge in [0.05, 0.1) is 11.9 Å². The molecule has 136 valence electrons. The number of fused-ring (bicyclic) bond motifs is 1. The number of anilines is 2.